The molecule has 1 aromatic carbocycles. The molecule has 0 radical (unpaired) electrons. The summed E-state index contributed by atoms with van der Waals surface area (Å²) in [6.45, 7) is 0. The van der Waals surface area contributed by atoms with E-state index in [0.29, 0.717) is 12.1 Å². The Bertz CT molecular complexity index is 459. The van der Waals surface area contributed by atoms with Gasteiger partial charge in [0.2, 0.25) is 0 Å². The van der Waals surface area contributed by atoms with Crippen LogP contribution in [0.25, 0.3) is 0 Å². The van der Waals surface area contributed by atoms with E-state index >= 15 is 0 Å². The lowest BCUT2D eigenvalue weighted by Crippen LogP contribution is -2.23. The SMILES string of the molecule is O=S1CCCC(NC2CC2)c2cc(Cl)ccc21. The lowest BCUT2D eigenvalue weighted by Gasteiger charge is -2.18. The molecule has 2 nitrogen and oxygen atoms in total. The molecule has 1 N–H and O–H groups in total. The molecule has 92 valence electrons. The van der Waals surface area contributed by atoms with Gasteiger partial charge < -0.3 is 5.32 Å². The topological polar surface area (TPSA) is 29.1 Å². The molecule has 0 saturated heterocycles. The predicted octanol–water partition coefficient (Wildman–Crippen LogP) is 3.03. The fourth-order valence-electron chi connectivity index (χ4n) is 2.39. The average molecular weight is 270 g/mol. The zero-order valence-electron chi connectivity index (χ0n) is 9.62. The first-order valence-corrected chi connectivity index (χ1v) is 7.87. The van der Waals surface area contributed by atoms with Gasteiger partial charge in [0.1, 0.15) is 0 Å². The minimum Gasteiger partial charge on any atom is -0.307 e. The Morgan fingerprint density at radius 2 is 2.12 bits per heavy atom. The summed E-state index contributed by atoms with van der Waals surface area (Å²) in [7, 11) is -0.855. The third-order valence-electron chi connectivity index (χ3n) is 3.43. The fraction of sp³-hybridized carbons (Fsp3) is 0.538. The van der Waals surface area contributed by atoms with Crippen molar-refractivity contribution >= 4 is 22.4 Å². The molecule has 0 spiro atoms. The number of rotatable bonds is 2. The molecule has 1 aromatic rings. The molecule has 1 aliphatic carbocycles. The summed E-state index contributed by atoms with van der Waals surface area (Å²) >= 11 is 6.07. The van der Waals surface area contributed by atoms with Gasteiger partial charge in [-0.3, -0.25) is 4.21 Å². The van der Waals surface area contributed by atoms with Crippen molar-refractivity contribution in [3.05, 3.63) is 28.8 Å². The first-order chi connectivity index (χ1) is 8.24. The van der Waals surface area contributed by atoms with Gasteiger partial charge in [0.05, 0.1) is 10.8 Å². The first kappa shape index (κ1) is 11.7. The van der Waals surface area contributed by atoms with E-state index in [1.807, 2.05) is 18.2 Å². The molecule has 1 aliphatic heterocycles. The van der Waals surface area contributed by atoms with Crippen molar-refractivity contribution in [1.82, 2.24) is 5.32 Å². The van der Waals surface area contributed by atoms with Gasteiger partial charge in [0.25, 0.3) is 0 Å². The minimum absolute atomic E-state index is 0.336. The molecule has 2 aliphatic rings. The number of nitrogens with one attached hydrogen (secondary N) is 1. The highest BCUT2D eigenvalue weighted by Crippen LogP contribution is 2.34. The molecule has 4 heteroatoms. The Morgan fingerprint density at radius 3 is 2.88 bits per heavy atom. The van der Waals surface area contributed by atoms with Crippen molar-refractivity contribution in [2.24, 2.45) is 0 Å². The molecule has 0 aromatic heterocycles. The fourth-order valence-corrected chi connectivity index (χ4v) is 3.90. The van der Waals surface area contributed by atoms with Crippen molar-refractivity contribution in [3.63, 3.8) is 0 Å². The Hall–Kier alpha value is -0.380. The summed E-state index contributed by atoms with van der Waals surface area (Å²) in [5.74, 6) is 0.775. The van der Waals surface area contributed by atoms with Crippen LogP contribution in [0.4, 0.5) is 0 Å². The summed E-state index contributed by atoms with van der Waals surface area (Å²) in [5, 5.41) is 4.38. The average Bonchev–Trinajstić information content (AvgIpc) is 3.11. The first-order valence-electron chi connectivity index (χ1n) is 6.18. The van der Waals surface area contributed by atoms with Crippen LogP contribution in [-0.4, -0.2) is 16.0 Å². The van der Waals surface area contributed by atoms with Crippen molar-refractivity contribution in [3.8, 4) is 0 Å². The molecule has 1 heterocycles. The van der Waals surface area contributed by atoms with Crippen LogP contribution in [0.2, 0.25) is 5.02 Å². The second kappa shape index (κ2) is 4.71. The van der Waals surface area contributed by atoms with Crippen LogP contribution in [0.15, 0.2) is 23.1 Å². The Labute approximate surface area is 109 Å². The maximum atomic E-state index is 12.1. The van der Waals surface area contributed by atoms with Crippen LogP contribution in [0.5, 0.6) is 0 Å². The van der Waals surface area contributed by atoms with E-state index in [9.17, 15) is 4.21 Å². The van der Waals surface area contributed by atoms with Gasteiger partial charge in [-0.25, -0.2) is 0 Å². The number of fused-ring (bicyclic) bond motifs is 1. The van der Waals surface area contributed by atoms with Crippen molar-refractivity contribution < 1.29 is 4.21 Å². The van der Waals surface area contributed by atoms with Crippen LogP contribution in [0.1, 0.15) is 37.3 Å². The third-order valence-corrected chi connectivity index (χ3v) is 5.19. The predicted molar refractivity (Wildman–Crippen MR) is 70.9 cm³/mol. The van der Waals surface area contributed by atoms with E-state index in [4.69, 9.17) is 11.6 Å². The largest absolute Gasteiger partial charge is 0.307 e. The highest BCUT2D eigenvalue weighted by atomic mass is 35.5. The van der Waals surface area contributed by atoms with Crippen LogP contribution < -0.4 is 5.32 Å². The van der Waals surface area contributed by atoms with Gasteiger partial charge in [-0.15, -0.1) is 0 Å². The van der Waals surface area contributed by atoms with E-state index in [2.05, 4.69) is 5.32 Å². The molecule has 3 rings (SSSR count). The summed E-state index contributed by atoms with van der Waals surface area (Å²) in [4.78, 5) is 0.977. The van der Waals surface area contributed by atoms with E-state index < -0.39 is 10.8 Å². The van der Waals surface area contributed by atoms with E-state index in [1.165, 1.54) is 12.8 Å². The summed E-state index contributed by atoms with van der Waals surface area (Å²) in [5.41, 5.74) is 1.15. The molecule has 0 amide bonds. The van der Waals surface area contributed by atoms with E-state index in [1.54, 1.807) is 0 Å². The molecular formula is C13H16ClNOS. The molecule has 1 fully saturated rings. The molecule has 2 unspecified atom stereocenters. The van der Waals surface area contributed by atoms with Crippen LogP contribution >= 0.6 is 11.6 Å². The van der Waals surface area contributed by atoms with Gasteiger partial charge in [0.15, 0.2) is 0 Å². The van der Waals surface area contributed by atoms with Crippen molar-refractivity contribution in [2.75, 3.05) is 5.75 Å². The summed E-state index contributed by atoms with van der Waals surface area (Å²) < 4.78 is 12.1. The lowest BCUT2D eigenvalue weighted by atomic mass is 10.0. The van der Waals surface area contributed by atoms with Gasteiger partial charge >= 0.3 is 0 Å². The van der Waals surface area contributed by atoms with Crippen molar-refractivity contribution in [2.45, 2.75) is 42.7 Å². The molecule has 1 saturated carbocycles. The number of hydrogen-bond donors (Lipinski definition) is 1. The highest BCUT2D eigenvalue weighted by Gasteiger charge is 2.29. The van der Waals surface area contributed by atoms with E-state index in [0.717, 1.165) is 34.1 Å². The highest BCUT2D eigenvalue weighted by molar-refractivity contribution is 7.85. The van der Waals surface area contributed by atoms with Crippen LogP contribution in [0, 0.1) is 0 Å². The Morgan fingerprint density at radius 1 is 1.29 bits per heavy atom. The maximum Gasteiger partial charge on any atom is 0.0532 e. The number of benzene rings is 1. The maximum absolute atomic E-state index is 12.1. The minimum atomic E-state index is -0.855. The third kappa shape index (κ3) is 2.56. The molecule has 0 bridgehead atoms. The smallest absolute Gasteiger partial charge is 0.0532 e. The zero-order chi connectivity index (χ0) is 11.8. The summed E-state index contributed by atoms with van der Waals surface area (Å²) in [6.07, 6.45) is 4.63. The second-order valence-electron chi connectivity index (χ2n) is 4.87. The van der Waals surface area contributed by atoms with Crippen molar-refractivity contribution in [1.29, 1.82) is 0 Å². The lowest BCUT2D eigenvalue weighted by molar-refractivity contribution is 0.490. The monoisotopic (exact) mass is 269 g/mol. The van der Waals surface area contributed by atoms with E-state index in [-0.39, 0.29) is 0 Å². The molecule has 2 atom stereocenters. The quantitative estimate of drug-likeness (QED) is 0.894. The number of hydrogen-bond acceptors (Lipinski definition) is 2. The summed E-state index contributed by atoms with van der Waals surface area (Å²) in [6, 6.07) is 6.76. The molecular weight excluding hydrogens is 254 g/mol. The normalized spacial score (nSPS) is 28.5. The number of halogens is 1. The van der Waals surface area contributed by atoms with Crippen LogP contribution in [-0.2, 0) is 10.8 Å². The Kier molecular flexibility index (Phi) is 3.24. The van der Waals surface area contributed by atoms with Gasteiger partial charge in [-0.1, -0.05) is 11.6 Å². The van der Waals surface area contributed by atoms with Gasteiger partial charge in [-0.05, 0) is 49.4 Å². The standard InChI is InChI=1S/C13H16ClNOS/c14-9-3-6-13-11(8-9)12(15-10-4-5-10)2-1-7-17(13)16/h3,6,8,10,12,15H,1-2,4-5,7H2. The second-order valence-corrected chi connectivity index (χ2v) is 6.84. The van der Waals surface area contributed by atoms with Gasteiger partial charge in [0, 0.05) is 27.8 Å². The molecule has 17 heavy (non-hydrogen) atoms. The zero-order valence-corrected chi connectivity index (χ0v) is 11.2. The van der Waals surface area contributed by atoms with Crippen LogP contribution in [0.3, 0.4) is 0 Å². The Balaban J connectivity index is 1.98. The van der Waals surface area contributed by atoms with Gasteiger partial charge in [-0.2, -0.15) is 0 Å².